The normalized spacial score (nSPS) is 16.9. The van der Waals surface area contributed by atoms with E-state index < -0.39 is 0 Å². The zero-order chi connectivity index (χ0) is 13.1. The summed E-state index contributed by atoms with van der Waals surface area (Å²) >= 11 is 4.82. The molecular formula is C13H17FN2OS. The molecule has 0 amide bonds. The van der Waals surface area contributed by atoms with Gasteiger partial charge in [0.2, 0.25) is 0 Å². The Bertz CT molecular complexity index is 445. The van der Waals surface area contributed by atoms with Crippen LogP contribution in [0.4, 0.5) is 10.1 Å². The van der Waals surface area contributed by atoms with E-state index in [0.717, 1.165) is 25.9 Å². The molecule has 0 aliphatic carbocycles. The summed E-state index contributed by atoms with van der Waals surface area (Å²) in [6.07, 6.45) is 1.79. The van der Waals surface area contributed by atoms with Gasteiger partial charge < -0.3 is 15.7 Å². The Labute approximate surface area is 111 Å². The average molecular weight is 268 g/mol. The Morgan fingerprint density at radius 1 is 1.44 bits per heavy atom. The smallest absolute Gasteiger partial charge is 0.147 e. The molecule has 18 heavy (non-hydrogen) atoms. The van der Waals surface area contributed by atoms with Gasteiger partial charge in [0.15, 0.2) is 0 Å². The molecule has 3 N–H and O–H groups in total. The predicted octanol–water partition coefficient (Wildman–Crippen LogP) is 1.67. The molecule has 98 valence electrons. The van der Waals surface area contributed by atoms with Crippen molar-refractivity contribution in [3.63, 3.8) is 0 Å². The van der Waals surface area contributed by atoms with Crippen LogP contribution in [0.25, 0.3) is 0 Å². The van der Waals surface area contributed by atoms with E-state index in [0.29, 0.717) is 17.2 Å². The van der Waals surface area contributed by atoms with Gasteiger partial charge in [-0.1, -0.05) is 12.2 Å². The topological polar surface area (TPSA) is 49.5 Å². The maximum absolute atomic E-state index is 14.0. The highest BCUT2D eigenvalue weighted by atomic mass is 32.1. The van der Waals surface area contributed by atoms with Gasteiger partial charge in [-0.3, -0.25) is 0 Å². The van der Waals surface area contributed by atoms with Gasteiger partial charge in [0.25, 0.3) is 0 Å². The summed E-state index contributed by atoms with van der Waals surface area (Å²) in [5.41, 5.74) is 6.61. The number of benzene rings is 1. The minimum Gasteiger partial charge on any atom is -0.396 e. The molecule has 5 heteroatoms. The fraction of sp³-hybridized carbons (Fsp3) is 0.462. The monoisotopic (exact) mass is 268 g/mol. The molecule has 1 aliphatic heterocycles. The van der Waals surface area contributed by atoms with Gasteiger partial charge in [-0.25, -0.2) is 4.39 Å². The fourth-order valence-corrected chi connectivity index (χ4v) is 2.40. The number of nitrogens with zero attached hydrogens (tertiary/aromatic N) is 1. The van der Waals surface area contributed by atoms with Crippen molar-refractivity contribution >= 4 is 22.9 Å². The van der Waals surface area contributed by atoms with Crippen molar-refractivity contribution in [1.29, 1.82) is 0 Å². The van der Waals surface area contributed by atoms with Crippen molar-refractivity contribution in [2.75, 3.05) is 24.6 Å². The van der Waals surface area contributed by atoms with Crippen LogP contribution in [0.3, 0.4) is 0 Å². The number of aliphatic hydroxyl groups excluding tert-OH is 1. The lowest BCUT2D eigenvalue weighted by molar-refractivity contribution is 0.203. The second kappa shape index (κ2) is 5.63. The quantitative estimate of drug-likeness (QED) is 0.819. The molecule has 2 rings (SSSR count). The molecule has 1 aromatic rings. The van der Waals surface area contributed by atoms with Crippen LogP contribution >= 0.6 is 12.2 Å². The summed E-state index contributed by atoms with van der Waals surface area (Å²) in [5.74, 6) is 0.0583. The number of aliphatic hydroxyl groups is 1. The van der Waals surface area contributed by atoms with Crippen LogP contribution in [0.2, 0.25) is 0 Å². The summed E-state index contributed by atoms with van der Waals surface area (Å²) < 4.78 is 14.0. The standard InChI is InChI=1S/C13H17FN2OS/c14-11-7-10(13(15)18)1-2-12(11)16-5-3-9(8-17)4-6-16/h1-2,7,9,17H,3-6,8H2,(H2,15,18). The number of piperidine rings is 1. The van der Waals surface area contributed by atoms with Gasteiger partial charge in [-0.15, -0.1) is 0 Å². The van der Waals surface area contributed by atoms with E-state index in [1.54, 1.807) is 12.1 Å². The van der Waals surface area contributed by atoms with Crippen molar-refractivity contribution < 1.29 is 9.50 Å². The molecule has 3 nitrogen and oxygen atoms in total. The van der Waals surface area contributed by atoms with Crippen molar-refractivity contribution in [3.05, 3.63) is 29.6 Å². The molecular weight excluding hydrogens is 251 g/mol. The molecule has 0 saturated carbocycles. The predicted molar refractivity (Wildman–Crippen MR) is 74.3 cm³/mol. The minimum absolute atomic E-state index is 0.208. The third-order valence-electron chi connectivity index (χ3n) is 3.45. The van der Waals surface area contributed by atoms with E-state index in [1.807, 2.05) is 4.90 Å². The summed E-state index contributed by atoms with van der Waals surface area (Å²) in [7, 11) is 0. The van der Waals surface area contributed by atoms with E-state index in [9.17, 15) is 4.39 Å². The van der Waals surface area contributed by atoms with Gasteiger partial charge in [0, 0.05) is 25.3 Å². The van der Waals surface area contributed by atoms with E-state index in [-0.39, 0.29) is 17.4 Å². The SMILES string of the molecule is NC(=S)c1ccc(N2CCC(CO)CC2)c(F)c1. The molecule has 0 radical (unpaired) electrons. The van der Waals surface area contributed by atoms with Crippen LogP contribution in [-0.2, 0) is 0 Å². The summed E-state index contributed by atoms with van der Waals surface area (Å²) in [4.78, 5) is 2.21. The Balaban J connectivity index is 2.12. The van der Waals surface area contributed by atoms with E-state index in [4.69, 9.17) is 23.1 Å². The number of thiocarbonyl (C=S) groups is 1. The molecule has 1 aromatic carbocycles. The highest BCUT2D eigenvalue weighted by Crippen LogP contribution is 2.26. The lowest BCUT2D eigenvalue weighted by Crippen LogP contribution is -2.35. The number of nitrogens with two attached hydrogens (primary N) is 1. The van der Waals surface area contributed by atoms with Crippen LogP contribution in [0, 0.1) is 11.7 Å². The lowest BCUT2D eigenvalue weighted by atomic mass is 9.97. The van der Waals surface area contributed by atoms with E-state index in [1.165, 1.54) is 6.07 Å². The fourth-order valence-electron chi connectivity index (χ4n) is 2.27. The van der Waals surface area contributed by atoms with Gasteiger partial charge in [0.05, 0.1) is 5.69 Å². The first-order valence-electron chi connectivity index (χ1n) is 6.07. The molecule has 1 heterocycles. The first kappa shape index (κ1) is 13.2. The molecule has 0 atom stereocenters. The zero-order valence-electron chi connectivity index (χ0n) is 10.1. The van der Waals surface area contributed by atoms with Crippen molar-refractivity contribution in [3.8, 4) is 0 Å². The van der Waals surface area contributed by atoms with Crippen LogP contribution in [0.15, 0.2) is 18.2 Å². The second-order valence-corrected chi connectivity index (χ2v) is 5.08. The van der Waals surface area contributed by atoms with Gasteiger partial charge in [-0.2, -0.15) is 0 Å². The Morgan fingerprint density at radius 2 is 2.11 bits per heavy atom. The zero-order valence-corrected chi connectivity index (χ0v) is 10.9. The third-order valence-corrected chi connectivity index (χ3v) is 3.68. The summed E-state index contributed by atoms with van der Waals surface area (Å²) in [6.45, 7) is 1.76. The molecule has 1 fully saturated rings. The highest BCUT2D eigenvalue weighted by molar-refractivity contribution is 7.80. The summed E-state index contributed by atoms with van der Waals surface area (Å²) in [6, 6.07) is 4.86. The maximum Gasteiger partial charge on any atom is 0.147 e. The van der Waals surface area contributed by atoms with Crippen molar-refractivity contribution in [2.24, 2.45) is 11.7 Å². The third kappa shape index (κ3) is 2.79. The Hall–Kier alpha value is -1.20. The van der Waals surface area contributed by atoms with Crippen molar-refractivity contribution in [2.45, 2.75) is 12.8 Å². The molecule has 0 aromatic heterocycles. The van der Waals surface area contributed by atoms with Gasteiger partial charge >= 0.3 is 0 Å². The number of hydrogen-bond donors (Lipinski definition) is 2. The number of halogens is 1. The van der Waals surface area contributed by atoms with Crippen LogP contribution in [0.5, 0.6) is 0 Å². The minimum atomic E-state index is -0.289. The second-order valence-electron chi connectivity index (χ2n) is 4.64. The number of anilines is 1. The Kier molecular flexibility index (Phi) is 4.14. The van der Waals surface area contributed by atoms with E-state index >= 15 is 0 Å². The molecule has 0 spiro atoms. The van der Waals surface area contributed by atoms with Crippen LogP contribution in [-0.4, -0.2) is 29.8 Å². The first-order chi connectivity index (χ1) is 8.61. The maximum atomic E-state index is 14.0. The van der Waals surface area contributed by atoms with E-state index in [2.05, 4.69) is 0 Å². The highest BCUT2D eigenvalue weighted by Gasteiger charge is 2.20. The number of hydrogen-bond acceptors (Lipinski definition) is 3. The first-order valence-corrected chi connectivity index (χ1v) is 6.48. The average Bonchev–Trinajstić information content (AvgIpc) is 2.38. The summed E-state index contributed by atoms with van der Waals surface area (Å²) in [5, 5.41) is 9.08. The molecule has 0 bridgehead atoms. The van der Waals surface area contributed by atoms with Crippen LogP contribution < -0.4 is 10.6 Å². The molecule has 0 unspecified atom stereocenters. The number of rotatable bonds is 3. The lowest BCUT2D eigenvalue weighted by Gasteiger charge is -2.33. The van der Waals surface area contributed by atoms with Crippen LogP contribution in [0.1, 0.15) is 18.4 Å². The van der Waals surface area contributed by atoms with Gasteiger partial charge in [-0.05, 0) is 37.0 Å². The largest absolute Gasteiger partial charge is 0.396 e. The van der Waals surface area contributed by atoms with Crippen molar-refractivity contribution in [1.82, 2.24) is 0 Å². The Morgan fingerprint density at radius 3 is 2.61 bits per heavy atom. The van der Waals surface area contributed by atoms with Gasteiger partial charge in [0.1, 0.15) is 10.8 Å². The molecule has 1 saturated heterocycles. The molecule has 1 aliphatic rings.